The van der Waals surface area contributed by atoms with Crippen LogP contribution in [-0.2, 0) is 4.79 Å². The van der Waals surface area contributed by atoms with Crippen LogP contribution in [-0.4, -0.2) is 31.4 Å². The lowest BCUT2D eigenvalue weighted by molar-refractivity contribution is -0.117. The van der Waals surface area contributed by atoms with Gasteiger partial charge < -0.3 is 15.1 Å². The highest BCUT2D eigenvalue weighted by Crippen LogP contribution is 2.25. The zero-order chi connectivity index (χ0) is 21.1. The van der Waals surface area contributed by atoms with E-state index in [1.165, 1.54) is 18.5 Å². The molecular formula is C25H31N3O2. The number of amides is 2. The van der Waals surface area contributed by atoms with E-state index < -0.39 is 0 Å². The quantitative estimate of drug-likeness (QED) is 0.795. The highest BCUT2D eigenvalue weighted by molar-refractivity contribution is 5.99. The second-order valence-electron chi connectivity index (χ2n) is 8.66. The van der Waals surface area contributed by atoms with Crippen LogP contribution >= 0.6 is 0 Å². The largest absolute Gasteiger partial charge is 0.372 e. The van der Waals surface area contributed by atoms with Crippen molar-refractivity contribution < 1.29 is 9.59 Å². The molecule has 2 heterocycles. The first-order valence-corrected chi connectivity index (χ1v) is 11.1. The number of benzene rings is 2. The van der Waals surface area contributed by atoms with Gasteiger partial charge in [0.25, 0.3) is 5.91 Å². The van der Waals surface area contributed by atoms with Crippen molar-refractivity contribution in [2.24, 2.45) is 5.92 Å². The Labute approximate surface area is 179 Å². The summed E-state index contributed by atoms with van der Waals surface area (Å²) in [5, 5.41) is 3.09. The molecule has 2 saturated heterocycles. The van der Waals surface area contributed by atoms with E-state index >= 15 is 0 Å². The molecule has 158 valence electrons. The first-order valence-electron chi connectivity index (χ1n) is 11.1. The Hall–Kier alpha value is -2.82. The van der Waals surface area contributed by atoms with Gasteiger partial charge in [0.1, 0.15) is 0 Å². The van der Waals surface area contributed by atoms with Crippen LogP contribution in [0.1, 0.15) is 61.5 Å². The zero-order valence-electron chi connectivity index (χ0n) is 17.9. The number of hydrogen-bond acceptors (Lipinski definition) is 3. The summed E-state index contributed by atoms with van der Waals surface area (Å²) in [6.45, 7) is 7.28. The highest BCUT2D eigenvalue weighted by Gasteiger charge is 2.22. The van der Waals surface area contributed by atoms with E-state index in [-0.39, 0.29) is 17.9 Å². The number of carbonyl (C=O) groups excluding carboxylic acids is 2. The molecule has 2 aromatic rings. The van der Waals surface area contributed by atoms with Crippen LogP contribution in [0.3, 0.4) is 0 Å². The van der Waals surface area contributed by atoms with Crippen molar-refractivity contribution in [3.05, 3.63) is 59.7 Å². The van der Waals surface area contributed by atoms with Crippen LogP contribution in [0.15, 0.2) is 48.5 Å². The Balaban J connectivity index is 1.39. The lowest BCUT2D eigenvalue weighted by Gasteiger charge is -2.32. The number of rotatable bonds is 5. The third kappa shape index (κ3) is 4.50. The van der Waals surface area contributed by atoms with E-state index in [1.807, 2.05) is 25.1 Å². The minimum Gasteiger partial charge on any atom is -0.372 e. The number of nitrogens with one attached hydrogen (secondary N) is 1. The molecule has 0 saturated carbocycles. The molecule has 2 aromatic carbocycles. The summed E-state index contributed by atoms with van der Waals surface area (Å²) < 4.78 is 0. The van der Waals surface area contributed by atoms with Crippen molar-refractivity contribution in [2.75, 3.05) is 29.4 Å². The van der Waals surface area contributed by atoms with Gasteiger partial charge in [-0.2, -0.15) is 0 Å². The summed E-state index contributed by atoms with van der Waals surface area (Å²) in [6, 6.07) is 15.8. The minimum absolute atomic E-state index is 0.0926. The Morgan fingerprint density at radius 2 is 1.77 bits per heavy atom. The summed E-state index contributed by atoms with van der Waals surface area (Å²) in [7, 11) is 0. The Bertz CT molecular complexity index is 901. The van der Waals surface area contributed by atoms with Crippen LogP contribution in [0.5, 0.6) is 0 Å². The van der Waals surface area contributed by atoms with E-state index in [9.17, 15) is 9.59 Å². The fourth-order valence-corrected chi connectivity index (χ4v) is 4.34. The van der Waals surface area contributed by atoms with E-state index in [0.717, 1.165) is 43.2 Å². The molecule has 0 radical (unpaired) electrons. The molecule has 1 N–H and O–H groups in total. The van der Waals surface area contributed by atoms with Crippen molar-refractivity contribution in [1.82, 2.24) is 5.32 Å². The van der Waals surface area contributed by atoms with Crippen molar-refractivity contribution >= 4 is 23.2 Å². The van der Waals surface area contributed by atoms with Gasteiger partial charge in [0.2, 0.25) is 5.91 Å². The van der Waals surface area contributed by atoms with Gasteiger partial charge in [0.15, 0.2) is 0 Å². The molecule has 0 unspecified atom stereocenters. The Morgan fingerprint density at radius 3 is 2.43 bits per heavy atom. The molecule has 2 amide bonds. The molecule has 0 aromatic heterocycles. The lowest BCUT2D eigenvalue weighted by Crippen LogP contribution is -2.32. The second kappa shape index (κ2) is 8.90. The molecule has 5 heteroatoms. The predicted molar refractivity (Wildman–Crippen MR) is 121 cm³/mol. The van der Waals surface area contributed by atoms with Gasteiger partial charge >= 0.3 is 0 Å². The molecule has 4 rings (SSSR count). The summed E-state index contributed by atoms with van der Waals surface area (Å²) in [5.74, 6) is 0.826. The summed E-state index contributed by atoms with van der Waals surface area (Å²) in [5.41, 5.74) is 3.73. The minimum atomic E-state index is -0.120. The van der Waals surface area contributed by atoms with E-state index in [2.05, 4.69) is 41.4 Å². The van der Waals surface area contributed by atoms with Gasteiger partial charge in [-0.1, -0.05) is 25.1 Å². The summed E-state index contributed by atoms with van der Waals surface area (Å²) in [4.78, 5) is 29.0. The topological polar surface area (TPSA) is 52.7 Å². The maximum atomic E-state index is 12.8. The maximum absolute atomic E-state index is 12.8. The Morgan fingerprint density at radius 1 is 1.03 bits per heavy atom. The standard InChI is InChI=1S/C25H31N3O2/c1-18-12-15-27(16-13-18)22-10-8-20(9-11-22)19(2)26-25(30)21-5-3-6-23(17-21)28-14-4-7-24(28)29/h3,5-6,8-11,17-19H,4,7,12-16H2,1-2H3,(H,26,30)/t19-/m1/s1. The number of hydrogen-bond donors (Lipinski definition) is 1. The van der Waals surface area contributed by atoms with Crippen molar-refractivity contribution in [3.8, 4) is 0 Å². The predicted octanol–water partition coefficient (Wildman–Crippen LogP) is 4.54. The molecule has 0 aliphatic carbocycles. The van der Waals surface area contributed by atoms with Crippen LogP contribution in [0, 0.1) is 5.92 Å². The first kappa shape index (κ1) is 20.5. The first-order chi connectivity index (χ1) is 14.5. The van der Waals surface area contributed by atoms with E-state index in [1.54, 1.807) is 11.0 Å². The molecule has 1 atom stereocenters. The SMILES string of the molecule is CC1CCN(c2ccc([C@@H](C)NC(=O)c3cccc(N4CCCC4=O)c3)cc2)CC1. The maximum Gasteiger partial charge on any atom is 0.251 e. The fraction of sp³-hybridized carbons (Fsp3) is 0.440. The summed E-state index contributed by atoms with van der Waals surface area (Å²) in [6.07, 6.45) is 3.95. The normalized spacial score (nSPS) is 18.5. The highest BCUT2D eigenvalue weighted by atomic mass is 16.2. The van der Waals surface area contributed by atoms with Gasteiger partial charge in [-0.05, 0) is 68.0 Å². The number of anilines is 2. The molecule has 0 bridgehead atoms. The molecule has 0 spiro atoms. The molecule has 2 aliphatic heterocycles. The monoisotopic (exact) mass is 405 g/mol. The van der Waals surface area contributed by atoms with Crippen LogP contribution in [0.4, 0.5) is 11.4 Å². The number of piperidine rings is 1. The van der Waals surface area contributed by atoms with Crippen molar-refractivity contribution in [3.63, 3.8) is 0 Å². The number of carbonyl (C=O) groups is 2. The van der Waals surface area contributed by atoms with E-state index in [0.29, 0.717) is 12.0 Å². The van der Waals surface area contributed by atoms with Crippen molar-refractivity contribution in [2.45, 2.75) is 45.6 Å². The number of nitrogens with zero attached hydrogens (tertiary/aromatic N) is 2. The van der Waals surface area contributed by atoms with Crippen LogP contribution in [0.2, 0.25) is 0 Å². The van der Waals surface area contributed by atoms with Crippen LogP contribution < -0.4 is 15.1 Å². The fourth-order valence-electron chi connectivity index (χ4n) is 4.34. The van der Waals surface area contributed by atoms with Crippen LogP contribution in [0.25, 0.3) is 0 Å². The molecule has 2 fully saturated rings. The van der Waals surface area contributed by atoms with Gasteiger partial charge in [-0.15, -0.1) is 0 Å². The van der Waals surface area contributed by atoms with E-state index in [4.69, 9.17) is 0 Å². The van der Waals surface area contributed by atoms with Crippen molar-refractivity contribution in [1.29, 1.82) is 0 Å². The second-order valence-corrected chi connectivity index (χ2v) is 8.66. The smallest absolute Gasteiger partial charge is 0.251 e. The van der Waals surface area contributed by atoms with Gasteiger partial charge in [0, 0.05) is 43.0 Å². The Kier molecular flexibility index (Phi) is 6.07. The summed E-state index contributed by atoms with van der Waals surface area (Å²) >= 11 is 0. The average molecular weight is 406 g/mol. The van der Waals surface area contributed by atoms with Gasteiger partial charge in [0.05, 0.1) is 6.04 Å². The average Bonchev–Trinajstić information content (AvgIpc) is 3.20. The lowest BCUT2D eigenvalue weighted by atomic mass is 9.98. The third-order valence-corrected chi connectivity index (χ3v) is 6.38. The zero-order valence-corrected chi connectivity index (χ0v) is 17.9. The molecule has 5 nitrogen and oxygen atoms in total. The molecule has 2 aliphatic rings. The van der Waals surface area contributed by atoms with Gasteiger partial charge in [-0.3, -0.25) is 9.59 Å². The molecule has 30 heavy (non-hydrogen) atoms. The molecular weight excluding hydrogens is 374 g/mol. The van der Waals surface area contributed by atoms with Gasteiger partial charge in [-0.25, -0.2) is 0 Å². The third-order valence-electron chi connectivity index (χ3n) is 6.38.